The van der Waals surface area contributed by atoms with E-state index in [2.05, 4.69) is 5.32 Å². The van der Waals surface area contributed by atoms with Crippen molar-refractivity contribution in [3.05, 3.63) is 34.9 Å². The van der Waals surface area contributed by atoms with Crippen LogP contribution in [0.25, 0.3) is 0 Å². The number of nitrogens with zero attached hydrogens (tertiary/aromatic N) is 1. The first-order chi connectivity index (χ1) is 9.94. The fraction of sp³-hybridized carbons (Fsp3) is 0.500. The van der Waals surface area contributed by atoms with Gasteiger partial charge < -0.3 is 10.2 Å². The molecular weight excluding hydrogens is 347 g/mol. The van der Waals surface area contributed by atoms with E-state index in [0.29, 0.717) is 24.7 Å². The number of hydrogen-bond donors (Lipinski definition) is 1. The molecule has 8 heteroatoms. The lowest BCUT2D eigenvalue weighted by atomic mass is 10.0. The molecule has 1 amide bonds. The quantitative estimate of drug-likeness (QED) is 0.879. The van der Waals surface area contributed by atoms with Gasteiger partial charge in [0.05, 0.1) is 6.04 Å². The van der Waals surface area contributed by atoms with E-state index in [1.807, 2.05) is 18.2 Å². The second-order valence-electron chi connectivity index (χ2n) is 5.01. The highest BCUT2D eigenvalue weighted by Crippen LogP contribution is 2.28. The number of piperazine rings is 1. The average Bonchev–Trinajstić information content (AvgIpc) is 2.47. The zero-order valence-corrected chi connectivity index (χ0v) is 14.7. The second kappa shape index (κ2) is 8.15. The van der Waals surface area contributed by atoms with E-state index in [4.69, 9.17) is 11.6 Å². The molecule has 1 aromatic carbocycles. The minimum absolute atomic E-state index is 0. The molecule has 22 heavy (non-hydrogen) atoms. The zero-order chi connectivity index (χ0) is 15.5. The molecule has 1 N–H and O–H groups in total. The highest BCUT2D eigenvalue weighted by molar-refractivity contribution is 7.92. The summed E-state index contributed by atoms with van der Waals surface area (Å²) < 4.78 is 23.3. The highest BCUT2D eigenvalue weighted by Gasteiger charge is 2.31. The van der Waals surface area contributed by atoms with Crippen LogP contribution in [0.5, 0.6) is 0 Å². The molecule has 1 aliphatic rings. The summed E-state index contributed by atoms with van der Waals surface area (Å²) in [5, 5.41) is 3.81. The predicted molar refractivity (Wildman–Crippen MR) is 90.4 cm³/mol. The molecule has 1 aliphatic heterocycles. The molecule has 1 saturated heterocycles. The van der Waals surface area contributed by atoms with E-state index in [9.17, 15) is 13.2 Å². The molecule has 0 aromatic heterocycles. The summed E-state index contributed by atoms with van der Waals surface area (Å²) in [4.78, 5) is 14.0. The van der Waals surface area contributed by atoms with Gasteiger partial charge in [0, 0.05) is 30.4 Å². The molecule has 1 heterocycles. The molecule has 1 fully saturated rings. The van der Waals surface area contributed by atoms with Crippen LogP contribution in [0, 0.1) is 0 Å². The monoisotopic (exact) mass is 366 g/mol. The number of halogens is 2. The summed E-state index contributed by atoms with van der Waals surface area (Å²) in [5.74, 6) is -0.824. The van der Waals surface area contributed by atoms with E-state index >= 15 is 0 Å². The largest absolute Gasteiger partial charge is 0.332 e. The maximum Gasteiger partial charge on any atom is 0.238 e. The van der Waals surface area contributed by atoms with Crippen molar-refractivity contribution in [1.29, 1.82) is 0 Å². The van der Waals surface area contributed by atoms with Crippen LogP contribution in [0.4, 0.5) is 0 Å². The van der Waals surface area contributed by atoms with Gasteiger partial charge in [-0.25, -0.2) is 8.42 Å². The van der Waals surface area contributed by atoms with Crippen LogP contribution in [0.2, 0.25) is 5.02 Å². The Kier molecular flexibility index (Phi) is 7.12. The van der Waals surface area contributed by atoms with Gasteiger partial charge in [0.1, 0.15) is 5.75 Å². The van der Waals surface area contributed by atoms with E-state index in [1.54, 1.807) is 17.9 Å². The third kappa shape index (κ3) is 4.59. The van der Waals surface area contributed by atoms with Crippen molar-refractivity contribution in [2.45, 2.75) is 13.0 Å². The number of carbonyl (C=O) groups is 1. The number of amides is 1. The molecule has 1 aromatic rings. The SMILES string of the molecule is CCS(=O)(=O)CC(=O)N1CCNCC1c1ccccc1Cl.Cl. The summed E-state index contributed by atoms with van der Waals surface area (Å²) in [7, 11) is -3.33. The molecule has 0 aliphatic carbocycles. The Morgan fingerprint density at radius 2 is 2.09 bits per heavy atom. The topological polar surface area (TPSA) is 66.5 Å². The number of nitrogens with one attached hydrogen (secondary N) is 1. The van der Waals surface area contributed by atoms with Gasteiger partial charge in [-0.05, 0) is 11.6 Å². The minimum atomic E-state index is -3.33. The van der Waals surface area contributed by atoms with Crippen molar-refractivity contribution < 1.29 is 13.2 Å². The summed E-state index contributed by atoms with van der Waals surface area (Å²) in [5.41, 5.74) is 0.841. The Bertz CT molecular complexity index is 622. The van der Waals surface area contributed by atoms with Crippen molar-refractivity contribution in [2.75, 3.05) is 31.1 Å². The number of sulfone groups is 1. The molecule has 0 radical (unpaired) electrons. The van der Waals surface area contributed by atoms with Gasteiger partial charge in [-0.2, -0.15) is 0 Å². The van der Waals surface area contributed by atoms with Crippen molar-refractivity contribution in [3.8, 4) is 0 Å². The Morgan fingerprint density at radius 1 is 1.41 bits per heavy atom. The lowest BCUT2D eigenvalue weighted by molar-refractivity contribution is -0.131. The molecule has 124 valence electrons. The smallest absolute Gasteiger partial charge is 0.238 e. The standard InChI is InChI=1S/C14H19ClN2O3S.ClH/c1-2-21(19,20)10-14(18)17-8-7-16-9-13(17)11-5-3-4-6-12(11)15;/h3-6,13,16H,2,7-10H2,1H3;1H. The van der Waals surface area contributed by atoms with Crippen LogP contribution in [0.3, 0.4) is 0 Å². The van der Waals surface area contributed by atoms with Gasteiger partial charge in [-0.1, -0.05) is 36.7 Å². The molecule has 1 unspecified atom stereocenters. The molecule has 0 saturated carbocycles. The lowest BCUT2D eigenvalue weighted by Gasteiger charge is -2.37. The van der Waals surface area contributed by atoms with Crippen molar-refractivity contribution in [2.24, 2.45) is 0 Å². The predicted octanol–water partition coefficient (Wildman–Crippen LogP) is 1.67. The van der Waals surface area contributed by atoms with Crippen molar-refractivity contribution >= 4 is 39.8 Å². The highest BCUT2D eigenvalue weighted by atomic mass is 35.5. The van der Waals surface area contributed by atoms with Gasteiger partial charge in [0.25, 0.3) is 0 Å². The van der Waals surface area contributed by atoms with E-state index in [-0.39, 0.29) is 30.1 Å². The van der Waals surface area contributed by atoms with Gasteiger partial charge in [0.15, 0.2) is 9.84 Å². The molecule has 2 rings (SSSR count). The number of carbonyl (C=O) groups excluding carboxylic acids is 1. The van der Waals surface area contributed by atoms with Gasteiger partial charge in [-0.15, -0.1) is 12.4 Å². The average molecular weight is 367 g/mol. The zero-order valence-electron chi connectivity index (χ0n) is 12.3. The van der Waals surface area contributed by atoms with Gasteiger partial charge in [0.2, 0.25) is 5.91 Å². The van der Waals surface area contributed by atoms with Gasteiger partial charge in [-0.3, -0.25) is 4.79 Å². The maximum absolute atomic E-state index is 12.3. The van der Waals surface area contributed by atoms with Crippen LogP contribution in [0.1, 0.15) is 18.5 Å². The normalized spacial score (nSPS) is 18.6. The Morgan fingerprint density at radius 3 is 2.73 bits per heavy atom. The fourth-order valence-electron chi connectivity index (χ4n) is 2.40. The first kappa shape index (κ1) is 19.2. The first-order valence-electron chi connectivity index (χ1n) is 6.89. The van der Waals surface area contributed by atoms with Crippen LogP contribution in [-0.2, 0) is 14.6 Å². The van der Waals surface area contributed by atoms with E-state index < -0.39 is 15.6 Å². The van der Waals surface area contributed by atoms with E-state index in [1.165, 1.54) is 0 Å². The third-order valence-corrected chi connectivity index (χ3v) is 5.52. The van der Waals surface area contributed by atoms with Crippen LogP contribution >= 0.6 is 24.0 Å². The number of benzene rings is 1. The number of rotatable bonds is 4. The Labute approximate surface area is 142 Å². The Balaban J connectivity index is 0.00000242. The van der Waals surface area contributed by atoms with Crippen molar-refractivity contribution in [3.63, 3.8) is 0 Å². The molecule has 5 nitrogen and oxygen atoms in total. The second-order valence-corrected chi connectivity index (χ2v) is 7.77. The molecule has 0 spiro atoms. The lowest BCUT2D eigenvalue weighted by Crippen LogP contribution is -2.50. The summed E-state index contributed by atoms with van der Waals surface area (Å²) >= 11 is 6.20. The summed E-state index contributed by atoms with van der Waals surface area (Å²) in [6.45, 7) is 3.25. The first-order valence-corrected chi connectivity index (χ1v) is 9.09. The minimum Gasteiger partial charge on any atom is -0.332 e. The third-order valence-electron chi connectivity index (χ3n) is 3.61. The molecule has 1 atom stereocenters. The van der Waals surface area contributed by atoms with Crippen LogP contribution in [-0.4, -0.2) is 50.4 Å². The molecular formula is C14H20Cl2N2O3S. The molecule has 0 bridgehead atoms. The van der Waals surface area contributed by atoms with Crippen LogP contribution in [0.15, 0.2) is 24.3 Å². The van der Waals surface area contributed by atoms with Crippen LogP contribution < -0.4 is 5.32 Å². The van der Waals surface area contributed by atoms with Crippen molar-refractivity contribution in [1.82, 2.24) is 10.2 Å². The maximum atomic E-state index is 12.3. The van der Waals surface area contributed by atoms with E-state index in [0.717, 1.165) is 5.56 Å². The fourth-order valence-corrected chi connectivity index (χ4v) is 3.41. The van der Waals surface area contributed by atoms with Gasteiger partial charge >= 0.3 is 0 Å². The number of hydrogen-bond acceptors (Lipinski definition) is 4. The Hall–Kier alpha value is -0.820. The summed E-state index contributed by atoms with van der Waals surface area (Å²) in [6, 6.07) is 7.11. The summed E-state index contributed by atoms with van der Waals surface area (Å²) in [6.07, 6.45) is 0.